The number of benzene rings is 1. The number of amides is 1. The predicted octanol–water partition coefficient (Wildman–Crippen LogP) is 3.38. The summed E-state index contributed by atoms with van der Waals surface area (Å²) in [6.07, 6.45) is 0. The van der Waals surface area contributed by atoms with Crippen LogP contribution in [0.25, 0.3) is 0 Å². The number of nitrogens with one attached hydrogen (secondary N) is 1. The smallest absolute Gasteiger partial charge is 0.258 e. The van der Waals surface area contributed by atoms with Gasteiger partial charge in [0.05, 0.1) is 0 Å². The molecular weight excluding hydrogens is 276 g/mol. The fourth-order valence-electron chi connectivity index (χ4n) is 2.73. The van der Waals surface area contributed by atoms with Gasteiger partial charge in [-0.1, -0.05) is 18.2 Å². The van der Waals surface area contributed by atoms with Crippen LogP contribution in [0.4, 0.5) is 0 Å². The molecule has 4 heteroatoms. The van der Waals surface area contributed by atoms with Crippen molar-refractivity contribution >= 4 is 5.91 Å². The van der Waals surface area contributed by atoms with Crippen molar-refractivity contribution in [3.8, 4) is 5.75 Å². The number of carbonyl (C=O) groups excluding carboxylic acids is 1. The first-order chi connectivity index (χ1) is 10.5. The van der Waals surface area contributed by atoms with Gasteiger partial charge in [0.15, 0.2) is 6.61 Å². The lowest BCUT2D eigenvalue weighted by molar-refractivity contribution is -0.123. The van der Waals surface area contributed by atoms with Gasteiger partial charge >= 0.3 is 0 Å². The van der Waals surface area contributed by atoms with E-state index in [9.17, 15) is 4.79 Å². The van der Waals surface area contributed by atoms with Crippen LogP contribution in [0.3, 0.4) is 0 Å². The number of ether oxygens (including phenoxy) is 1. The maximum Gasteiger partial charge on any atom is 0.258 e. The summed E-state index contributed by atoms with van der Waals surface area (Å²) in [5.41, 5.74) is 3.58. The fourth-order valence-corrected chi connectivity index (χ4v) is 2.73. The molecule has 1 aromatic carbocycles. The number of carbonyl (C=O) groups is 1. The monoisotopic (exact) mass is 300 g/mol. The topological polar surface area (TPSA) is 43.3 Å². The second-order valence-electron chi connectivity index (χ2n) is 5.74. The molecule has 1 heterocycles. The second kappa shape index (κ2) is 7.16. The van der Waals surface area contributed by atoms with Gasteiger partial charge in [-0.15, -0.1) is 0 Å². The van der Waals surface area contributed by atoms with Gasteiger partial charge in [0.1, 0.15) is 5.75 Å². The molecular formula is C18H24N2O2. The highest BCUT2D eigenvalue weighted by atomic mass is 16.5. The zero-order valence-electron chi connectivity index (χ0n) is 13.7. The fraction of sp³-hybridized carbons (Fsp3) is 0.389. The summed E-state index contributed by atoms with van der Waals surface area (Å²) in [6, 6.07) is 11.9. The van der Waals surface area contributed by atoms with Crippen LogP contribution >= 0.6 is 0 Å². The van der Waals surface area contributed by atoms with Crippen LogP contribution in [0, 0.1) is 13.8 Å². The third-order valence-corrected chi connectivity index (χ3v) is 3.69. The van der Waals surface area contributed by atoms with E-state index >= 15 is 0 Å². The van der Waals surface area contributed by atoms with Crippen molar-refractivity contribution in [1.82, 2.24) is 9.88 Å². The Balaban J connectivity index is 1.88. The lowest BCUT2D eigenvalue weighted by Crippen LogP contribution is -2.28. The number of hydrogen-bond acceptors (Lipinski definition) is 2. The molecule has 0 spiro atoms. The summed E-state index contributed by atoms with van der Waals surface area (Å²) in [6.45, 7) is 9.08. The second-order valence-corrected chi connectivity index (χ2v) is 5.74. The SMILES string of the molecule is Cc1cc(CNC(=O)COc2ccccc2)c(C)n1C(C)C. The molecule has 0 radical (unpaired) electrons. The highest BCUT2D eigenvalue weighted by molar-refractivity contribution is 5.77. The number of rotatable bonds is 6. The highest BCUT2D eigenvalue weighted by Gasteiger charge is 2.12. The molecule has 0 aliphatic carbocycles. The maximum absolute atomic E-state index is 11.9. The molecule has 0 saturated carbocycles. The van der Waals surface area contributed by atoms with Crippen molar-refractivity contribution in [2.24, 2.45) is 0 Å². The largest absolute Gasteiger partial charge is 0.484 e. The van der Waals surface area contributed by atoms with Crippen LogP contribution in [0.1, 0.15) is 36.8 Å². The maximum atomic E-state index is 11.9. The van der Waals surface area contributed by atoms with Gasteiger partial charge in [-0.2, -0.15) is 0 Å². The molecule has 1 aromatic heterocycles. The van der Waals surface area contributed by atoms with E-state index < -0.39 is 0 Å². The van der Waals surface area contributed by atoms with Crippen molar-refractivity contribution in [1.29, 1.82) is 0 Å². The molecule has 4 nitrogen and oxygen atoms in total. The zero-order chi connectivity index (χ0) is 16.1. The van der Waals surface area contributed by atoms with E-state index in [0.29, 0.717) is 18.3 Å². The van der Waals surface area contributed by atoms with E-state index in [1.807, 2.05) is 30.3 Å². The van der Waals surface area contributed by atoms with Gasteiger partial charge < -0.3 is 14.6 Å². The Bertz CT molecular complexity index is 630. The minimum atomic E-state index is -0.113. The van der Waals surface area contributed by atoms with Crippen LogP contribution < -0.4 is 10.1 Å². The van der Waals surface area contributed by atoms with Crippen molar-refractivity contribution < 1.29 is 9.53 Å². The molecule has 118 valence electrons. The lowest BCUT2D eigenvalue weighted by Gasteiger charge is -2.14. The van der Waals surface area contributed by atoms with Crippen LogP contribution in [0.15, 0.2) is 36.4 Å². The average molecular weight is 300 g/mol. The molecule has 2 rings (SSSR count). The average Bonchev–Trinajstić information content (AvgIpc) is 2.78. The minimum absolute atomic E-state index is 0.0347. The van der Waals surface area contributed by atoms with Crippen molar-refractivity contribution in [3.05, 3.63) is 53.3 Å². The molecule has 0 bridgehead atoms. The van der Waals surface area contributed by atoms with E-state index in [1.54, 1.807) is 0 Å². The molecule has 0 saturated heterocycles. The summed E-state index contributed by atoms with van der Waals surface area (Å²) in [5.74, 6) is 0.592. The van der Waals surface area contributed by atoms with Crippen LogP contribution in [0.2, 0.25) is 0 Å². The van der Waals surface area contributed by atoms with Crippen molar-refractivity contribution in [2.75, 3.05) is 6.61 Å². The van der Waals surface area contributed by atoms with Crippen LogP contribution in [0.5, 0.6) is 5.75 Å². The third kappa shape index (κ3) is 3.91. The minimum Gasteiger partial charge on any atom is -0.484 e. The molecule has 0 unspecified atom stereocenters. The summed E-state index contributed by atoms with van der Waals surface area (Å²) in [5, 5.41) is 2.91. The quantitative estimate of drug-likeness (QED) is 0.888. The molecule has 1 N–H and O–H groups in total. The molecule has 1 amide bonds. The first kappa shape index (κ1) is 16.1. The molecule has 0 aliphatic heterocycles. The Labute approximate surface area is 132 Å². The van der Waals surface area contributed by atoms with Gasteiger partial charge in [0.25, 0.3) is 5.91 Å². The number of aromatic nitrogens is 1. The van der Waals surface area contributed by atoms with Crippen LogP contribution in [-0.4, -0.2) is 17.1 Å². The van der Waals surface area contributed by atoms with Gasteiger partial charge in [-0.05, 0) is 51.5 Å². The summed E-state index contributed by atoms with van der Waals surface area (Å²) in [7, 11) is 0. The summed E-state index contributed by atoms with van der Waals surface area (Å²) < 4.78 is 7.72. The Morgan fingerprint density at radius 2 is 1.91 bits per heavy atom. The number of aryl methyl sites for hydroxylation is 1. The van der Waals surface area contributed by atoms with E-state index in [0.717, 1.165) is 5.56 Å². The third-order valence-electron chi connectivity index (χ3n) is 3.69. The predicted molar refractivity (Wildman–Crippen MR) is 88.1 cm³/mol. The van der Waals surface area contributed by atoms with Gasteiger partial charge in [-0.3, -0.25) is 4.79 Å². The first-order valence-corrected chi connectivity index (χ1v) is 7.61. The van der Waals surface area contributed by atoms with Crippen LogP contribution in [-0.2, 0) is 11.3 Å². The number of hydrogen-bond donors (Lipinski definition) is 1. The van der Waals surface area contributed by atoms with E-state index in [4.69, 9.17) is 4.74 Å². The van der Waals surface area contributed by atoms with Gasteiger partial charge in [-0.25, -0.2) is 0 Å². The number of para-hydroxylation sites is 1. The van der Waals surface area contributed by atoms with Crippen molar-refractivity contribution in [3.63, 3.8) is 0 Å². The standard InChI is InChI=1S/C18H24N2O2/c1-13(2)20-14(3)10-16(15(20)4)11-19-18(21)12-22-17-8-6-5-7-9-17/h5-10,13H,11-12H2,1-4H3,(H,19,21). The number of nitrogens with zero attached hydrogens (tertiary/aromatic N) is 1. The molecule has 22 heavy (non-hydrogen) atoms. The van der Waals surface area contributed by atoms with Crippen molar-refractivity contribution in [2.45, 2.75) is 40.3 Å². The molecule has 0 aliphatic rings. The van der Waals surface area contributed by atoms with E-state index in [1.165, 1.54) is 11.4 Å². The first-order valence-electron chi connectivity index (χ1n) is 7.61. The van der Waals surface area contributed by atoms with Gasteiger partial charge in [0.2, 0.25) is 0 Å². The summed E-state index contributed by atoms with van der Waals surface area (Å²) in [4.78, 5) is 11.9. The van der Waals surface area contributed by atoms with Gasteiger partial charge in [0, 0.05) is 24.0 Å². The lowest BCUT2D eigenvalue weighted by atomic mass is 10.2. The zero-order valence-corrected chi connectivity index (χ0v) is 13.7. The van der Waals surface area contributed by atoms with E-state index in [2.05, 4.69) is 43.6 Å². The normalized spacial score (nSPS) is 10.8. The Morgan fingerprint density at radius 1 is 1.23 bits per heavy atom. The molecule has 2 aromatic rings. The summed E-state index contributed by atoms with van der Waals surface area (Å²) >= 11 is 0. The highest BCUT2D eigenvalue weighted by Crippen LogP contribution is 2.19. The van der Waals surface area contributed by atoms with E-state index in [-0.39, 0.29) is 12.5 Å². The Kier molecular flexibility index (Phi) is 5.26. The Morgan fingerprint density at radius 3 is 2.50 bits per heavy atom. The Hall–Kier alpha value is -2.23. The molecule has 0 atom stereocenters. The molecule has 0 fully saturated rings.